The van der Waals surface area contributed by atoms with Crippen molar-refractivity contribution in [1.29, 1.82) is 0 Å². The highest BCUT2D eigenvalue weighted by molar-refractivity contribution is 5.73. The molecule has 0 saturated carbocycles. The van der Waals surface area contributed by atoms with Crippen molar-refractivity contribution in [2.24, 2.45) is 0 Å². The average molecular weight is 600 g/mol. The predicted molar refractivity (Wildman–Crippen MR) is 155 cm³/mol. The van der Waals surface area contributed by atoms with Gasteiger partial charge in [-0.15, -0.1) is 0 Å². The Bertz CT molecular complexity index is 1240. The quantitative estimate of drug-likeness (QED) is 0.246. The van der Waals surface area contributed by atoms with Crippen LogP contribution in [0.3, 0.4) is 0 Å². The fourth-order valence-electron chi connectivity index (χ4n) is 5.01. The highest BCUT2D eigenvalue weighted by atomic mass is 19.3. The number of carbonyl (C=O) groups excluding carboxylic acids is 1. The fraction of sp³-hybridized carbons (Fsp3) is 0.424. The first-order valence-electron chi connectivity index (χ1n) is 14.3. The lowest BCUT2D eigenvalue weighted by atomic mass is 9.88. The first kappa shape index (κ1) is 32.7. The molecule has 1 saturated heterocycles. The SMILES string of the molecule is CCOC(O)C(F)(F)[C@H]1O[C@H](COCc2ccccc2)[C@H](OCc2ccccc2)[C@H](OCc2ccccc2)[C@H]1NC(C)=O. The molecule has 3 aromatic rings. The van der Waals surface area contributed by atoms with Crippen LogP contribution in [0.1, 0.15) is 30.5 Å². The van der Waals surface area contributed by atoms with Gasteiger partial charge < -0.3 is 34.1 Å². The zero-order chi connectivity index (χ0) is 30.7. The van der Waals surface area contributed by atoms with E-state index < -0.39 is 48.6 Å². The minimum atomic E-state index is -3.93. The van der Waals surface area contributed by atoms with Gasteiger partial charge in [0.1, 0.15) is 24.4 Å². The third-order valence-corrected chi connectivity index (χ3v) is 7.06. The summed E-state index contributed by atoms with van der Waals surface area (Å²) >= 11 is 0. The second-order valence-corrected chi connectivity index (χ2v) is 10.3. The van der Waals surface area contributed by atoms with Crippen molar-refractivity contribution in [2.45, 2.75) is 76.3 Å². The Morgan fingerprint density at radius 2 is 1.35 bits per heavy atom. The topological polar surface area (TPSA) is 95.5 Å². The zero-order valence-corrected chi connectivity index (χ0v) is 24.3. The van der Waals surface area contributed by atoms with Gasteiger partial charge in [0.15, 0.2) is 0 Å². The highest BCUT2D eigenvalue weighted by Gasteiger charge is 2.60. The van der Waals surface area contributed by atoms with Crippen molar-refractivity contribution in [3.63, 3.8) is 0 Å². The molecular weight excluding hydrogens is 560 g/mol. The molecule has 3 aromatic carbocycles. The Balaban J connectivity index is 1.69. The van der Waals surface area contributed by atoms with E-state index in [9.17, 15) is 9.90 Å². The van der Waals surface area contributed by atoms with E-state index in [1.54, 1.807) is 0 Å². The number of aliphatic hydroxyl groups is 1. The van der Waals surface area contributed by atoms with E-state index >= 15 is 8.78 Å². The molecule has 0 aliphatic carbocycles. The Morgan fingerprint density at radius 3 is 1.84 bits per heavy atom. The molecule has 1 amide bonds. The standard InChI is InChI=1S/C33H39F2NO7/c1-3-40-32(38)33(34,35)31-28(36-23(2)37)30(42-21-26-17-11-6-12-18-26)29(41-20-25-15-9-5-10-16-25)27(43-31)22-39-19-24-13-7-4-8-14-24/h4-18,27-32,38H,3,19-22H2,1-2H3,(H,36,37)/t27-,28-,29+,30-,31+,32?/m1/s1. The molecule has 6 atom stereocenters. The highest BCUT2D eigenvalue weighted by Crippen LogP contribution is 2.38. The van der Waals surface area contributed by atoms with Gasteiger partial charge in [0.2, 0.25) is 12.2 Å². The Kier molecular flexibility index (Phi) is 12.2. The van der Waals surface area contributed by atoms with Gasteiger partial charge in [-0.2, -0.15) is 8.78 Å². The van der Waals surface area contributed by atoms with Crippen molar-refractivity contribution in [3.8, 4) is 0 Å². The summed E-state index contributed by atoms with van der Waals surface area (Å²) in [6, 6.07) is 26.6. The molecule has 10 heteroatoms. The largest absolute Gasteiger partial charge is 0.374 e. The number of alkyl halides is 2. The summed E-state index contributed by atoms with van der Waals surface area (Å²) in [5, 5.41) is 12.9. The van der Waals surface area contributed by atoms with Crippen LogP contribution in [0.25, 0.3) is 0 Å². The van der Waals surface area contributed by atoms with E-state index in [-0.39, 0.29) is 33.0 Å². The summed E-state index contributed by atoms with van der Waals surface area (Å²) in [6.45, 7) is 2.82. The van der Waals surface area contributed by atoms with Gasteiger partial charge in [-0.3, -0.25) is 4.79 Å². The molecule has 0 spiro atoms. The lowest BCUT2D eigenvalue weighted by Crippen LogP contribution is -2.70. The average Bonchev–Trinajstić information content (AvgIpc) is 3.01. The van der Waals surface area contributed by atoms with Crippen LogP contribution in [0.15, 0.2) is 91.0 Å². The molecule has 1 fully saturated rings. The normalized spacial score (nSPS) is 23.0. The molecule has 1 unspecified atom stereocenters. The van der Waals surface area contributed by atoms with Crippen molar-refractivity contribution < 1.29 is 42.4 Å². The molecule has 1 aliphatic rings. The van der Waals surface area contributed by atoms with Gasteiger partial charge in [-0.05, 0) is 23.6 Å². The number of amides is 1. The number of hydrogen-bond acceptors (Lipinski definition) is 7. The number of carbonyl (C=O) groups is 1. The van der Waals surface area contributed by atoms with E-state index in [0.717, 1.165) is 16.7 Å². The second-order valence-electron chi connectivity index (χ2n) is 10.3. The number of nitrogens with one attached hydrogen (secondary N) is 1. The Morgan fingerprint density at radius 1 is 0.860 bits per heavy atom. The molecule has 8 nitrogen and oxygen atoms in total. The lowest BCUT2D eigenvalue weighted by Gasteiger charge is -2.48. The van der Waals surface area contributed by atoms with Crippen LogP contribution in [0.5, 0.6) is 0 Å². The number of hydrogen-bond donors (Lipinski definition) is 2. The summed E-state index contributed by atoms with van der Waals surface area (Å²) < 4.78 is 61.3. The predicted octanol–water partition coefficient (Wildman–Crippen LogP) is 4.64. The molecule has 0 radical (unpaired) electrons. The number of ether oxygens (including phenoxy) is 5. The van der Waals surface area contributed by atoms with Gasteiger partial charge >= 0.3 is 5.92 Å². The molecule has 1 aliphatic heterocycles. The van der Waals surface area contributed by atoms with Crippen LogP contribution < -0.4 is 5.32 Å². The Hall–Kier alpha value is -3.25. The molecule has 0 aromatic heterocycles. The van der Waals surface area contributed by atoms with Gasteiger partial charge in [0.25, 0.3) is 0 Å². The molecule has 232 valence electrons. The van der Waals surface area contributed by atoms with Gasteiger partial charge in [0, 0.05) is 13.5 Å². The molecule has 4 rings (SSSR count). The zero-order valence-electron chi connectivity index (χ0n) is 24.3. The minimum Gasteiger partial charge on any atom is -0.374 e. The molecular formula is C33H39F2NO7. The van der Waals surface area contributed by atoms with Crippen LogP contribution in [0, 0.1) is 0 Å². The summed E-state index contributed by atoms with van der Waals surface area (Å²) in [6.07, 6.45) is -7.62. The molecule has 43 heavy (non-hydrogen) atoms. The number of halogens is 2. The summed E-state index contributed by atoms with van der Waals surface area (Å²) in [4.78, 5) is 12.4. The third-order valence-electron chi connectivity index (χ3n) is 7.06. The lowest BCUT2D eigenvalue weighted by molar-refractivity contribution is -0.321. The van der Waals surface area contributed by atoms with Crippen molar-refractivity contribution in [1.82, 2.24) is 5.32 Å². The van der Waals surface area contributed by atoms with Crippen molar-refractivity contribution >= 4 is 5.91 Å². The van der Waals surface area contributed by atoms with Crippen molar-refractivity contribution in [2.75, 3.05) is 13.2 Å². The van der Waals surface area contributed by atoms with Crippen LogP contribution >= 0.6 is 0 Å². The number of aliphatic hydroxyl groups excluding tert-OH is 1. The van der Waals surface area contributed by atoms with E-state index in [0.29, 0.717) is 0 Å². The first-order chi connectivity index (χ1) is 20.8. The van der Waals surface area contributed by atoms with Crippen LogP contribution in [0.4, 0.5) is 8.78 Å². The molecule has 0 bridgehead atoms. The van der Waals surface area contributed by atoms with E-state index in [2.05, 4.69) is 5.32 Å². The summed E-state index contributed by atoms with van der Waals surface area (Å²) in [5.41, 5.74) is 2.54. The van der Waals surface area contributed by atoms with Gasteiger partial charge in [-0.1, -0.05) is 91.0 Å². The third kappa shape index (κ3) is 9.12. The van der Waals surface area contributed by atoms with Crippen LogP contribution in [-0.4, -0.2) is 66.9 Å². The summed E-state index contributed by atoms with van der Waals surface area (Å²) in [7, 11) is 0. The van der Waals surface area contributed by atoms with E-state index in [4.69, 9.17) is 23.7 Å². The molecule has 1 heterocycles. The molecule has 2 N–H and O–H groups in total. The number of rotatable bonds is 15. The van der Waals surface area contributed by atoms with Crippen LogP contribution in [-0.2, 0) is 48.3 Å². The second kappa shape index (κ2) is 16.0. The maximum atomic E-state index is 15.9. The van der Waals surface area contributed by atoms with E-state index in [1.807, 2.05) is 91.0 Å². The first-order valence-corrected chi connectivity index (χ1v) is 14.3. The van der Waals surface area contributed by atoms with Gasteiger partial charge in [0.05, 0.1) is 32.5 Å². The van der Waals surface area contributed by atoms with Crippen molar-refractivity contribution in [3.05, 3.63) is 108 Å². The van der Waals surface area contributed by atoms with Gasteiger partial charge in [-0.25, -0.2) is 0 Å². The fourth-order valence-corrected chi connectivity index (χ4v) is 5.01. The Labute approximate surface area is 250 Å². The monoisotopic (exact) mass is 599 g/mol. The van der Waals surface area contributed by atoms with E-state index in [1.165, 1.54) is 13.8 Å². The summed E-state index contributed by atoms with van der Waals surface area (Å²) in [5.74, 6) is -4.51. The maximum Gasteiger partial charge on any atom is 0.325 e. The van der Waals surface area contributed by atoms with Crippen LogP contribution in [0.2, 0.25) is 0 Å². The number of benzene rings is 3. The maximum absolute atomic E-state index is 15.9. The smallest absolute Gasteiger partial charge is 0.325 e. The minimum absolute atomic E-state index is 0.0523.